The number of hydrogen-bond donors (Lipinski definition) is 0. The van der Waals surface area contributed by atoms with Gasteiger partial charge in [0.2, 0.25) is 0 Å². The maximum absolute atomic E-state index is 6.60. The van der Waals surface area contributed by atoms with Crippen LogP contribution in [0.5, 0.6) is 0 Å². The van der Waals surface area contributed by atoms with Gasteiger partial charge in [-0.05, 0) is 145 Å². The smallest absolute Gasteiger partial charge is 0.165 e. The molecular weight excluding hydrogens is 1200 g/mol. The van der Waals surface area contributed by atoms with Crippen molar-refractivity contribution >= 4 is 43.7 Å². The van der Waals surface area contributed by atoms with Gasteiger partial charge in [-0.1, -0.05) is 258 Å². The van der Waals surface area contributed by atoms with Crippen LogP contribution in [0.4, 0.5) is 0 Å². The highest BCUT2D eigenvalue weighted by molar-refractivity contribution is 6.17. The average Bonchev–Trinajstić information content (AvgIpc) is 1.55. The zero-order chi connectivity index (χ0) is 65.4. The number of aromatic nitrogens is 7. The van der Waals surface area contributed by atoms with Crippen molar-refractivity contribution in [1.82, 2.24) is 34.5 Å². The van der Waals surface area contributed by atoms with Crippen molar-refractivity contribution in [1.29, 1.82) is 0 Å². The molecule has 8 heteroatoms. The summed E-state index contributed by atoms with van der Waals surface area (Å²) >= 11 is 0. The van der Waals surface area contributed by atoms with Crippen molar-refractivity contribution in [2.24, 2.45) is 0 Å². The highest BCUT2D eigenvalue weighted by Crippen LogP contribution is 2.55. The molecule has 98 heavy (non-hydrogen) atoms. The molecular formula is C90H61N7O. The predicted molar refractivity (Wildman–Crippen MR) is 399 cm³/mol. The lowest BCUT2D eigenvalue weighted by Crippen LogP contribution is -2.15. The van der Waals surface area contributed by atoms with E-state index in [1.807, 2.05) is 91.0 Å². The first kappa shape index (κ1) is 57.0. The molecule has 4 heterocycles. The number of furan rings is 1. The molecule has 19 rings (SSSR count). The molecule has 0 saturated heterocycles. The zero-order valence-corrected chi connectivity index (χ0v) is 54.3. The minimum absolute atomic E-state index is 0.147. The maximum atomic E-state index is 6.60. The number of nitrogens with zero attached hydrogens (tertiary/aromatic N) is 7. The van der Waals surface area contributed by atoms with E-state index in [9.17, 15) is 0 Å². The molecule has 2 aliphatic rings. The molecule has 0 radical (unpaired) electrons. The van der Waals surface area contributed by atoms with Gasteiger partial charge in [-0.2, -0.15) is 0 Å². The third-order valence-corrected chi connectivity index (χ3v) is 20.5. The Morgan fingerprint density at radius 2 is 0.735 bits per heavy atom. The lowest BCUT2D eigenvalue weighted by Gasteiger charge is -2.24. The number of fused-ring (bicyclic) bond motifs is 12. The molecule has 8 nitrogen and oxygen atoms in total. The molecule has 0 unspecified atom stereocenters. The molecule has 0 spiro atoms. The molecule has 0 atom stereocenters. The van der Waals surface area contributed by atoms with E-state index < -0.39 is 0 Å². The second-order valence-corrected chi connectivity index (χ2v) is 26.9. The third-order valence-electron chi connectivity index (χ3n) is 20.5. The van der Waals surface area contributed by atoms with E-state index in [-0.39, 0.29) is 10.8 Å². The summed E-state index contributed by atoms with van der Waals surface area (Å²) in [5.41, 5.74) is 26.6. The van der Waals surface area contributed by atoms with Crippen LogP contribution in [0.3, 0.4) is 0 Å². The van der Waals surface area contributed by atoms with Crippen LogP contribution in [-0.4, -0.2) is 34.5 Å². The van der Waals surface area contributed by atoms with Crippen molar-refractivity contribution < 1.29 is 4.42 Å². The van der Waals surface area contributed by atoms with Crippen LogP contribution in [0.2, 0.25) is 0 Å². The molecule has 0 fully saturated rings. The van der Waals surface area contributed by atoms with Gasteiger partial charge < -0.3 is 8.98 Å². The van der Waals surface area contributed by atoms with Gasteiger partial charge >= 0.3 is 0 Å². The van der Waals surface area contributed by atoms with E-state index in [4.69, 9.17) is 34.3 Å². The van der Waals surface area contributed by atoms with Crippen LogP contribution >= 0.6 is 0 Å². The van der Waals surface area contributed by atoms with Crippen molar-refractivity contribution in [2.75, 3.05) is 0 Å². The fourth-order valence-corrected chi connectivity index (χ4v) is 15.6. The van der Waals surface area contributed by atoms with Gasteiger partial charge in [0, 0.05) is 71.4 Å². The second kappa shape index (κ2) is 22.0. The van der Waals surface area contributed by atoms with Gasteiger partial charge in [0.05, 0.1) is 11.0 Å². The summed E-state index contributed by atoms with van der Waals surface area (Å²) in [6.45, 7) is 9.40. The second-order valence-electron chi connectivity index (χ2n) is 26.9. The normalized spacial score (nSPS) is 13.3. The Balaban J connectivity index is 0.715. The van der Waals surface area contributed by atoms with Crippen molar-refractivity contribution in [3.63, 3.8) is 0 Å². The van der Waals surface area contributed by atoms with E-state index in [2.05, 4.69) is 239 Å². The van der Waals surface area contributed by atoms with Gasteiger partial charge in [0.1, 0.15) is 11.2 Å². The molecule has 462 valence electrons. The Kier molecular flexibility index (Phi) is 12.8. The number of benzene rings is 13. The summed E-state index contributed by atoms with van der Waals surface area (Å²) in [4.78, 5) is 32.0. The molecule has 0 bridgehead atoms. The van der Waals surface area contributed by atoms with Crippen LogP contribution in [0, 0.1) is 0 Å². The van der Waals surface area contributed by atoms with Crippen LogP contribution < -0.4 is 0 Å². The Morgan fingerprint density at radius 3 is 1.43 bits per heavy atom. The SMILES string of the molecule is CC1(C)c2ccccc2-c2ccc(-c3cc(-c4nc(-c5ccccc5)nc(-c5ccc(-c6cccc(-n7c8ccccc8c8cc(-c9ccc%10oc%11ccccc%11c%10c9-c9nc(-c%10ccccc%10)nc(-c%10ccccc%10)n9)ccc87)c6)cc5)n4)c4c(c3)C(C)(C)c3ccccc3-4)cc21. The average molecular weight is 1260 g/mol. The van der Waals surface area contributed by atoms with E-state index in [1.165, 1.54) is 50.1 Å². The minimum atomic E-state index is -0.280. The zero-order valence-electron chi connectivity index (χ0n) is 54.3. The summed E-state index contributed by atoms with van der Waals surface area (Å²) < 4.78 is 8.99. The van der Waals surface area contributed by atoms with Crippen molar-refractivity contribution in [3.05, 3.63) is 320 Å². The van der Waals surface area contributed by atoms with E-state index in [1.54, 1.807) is 0 Å². The molecule has 17 aromatic rings. The summed E-state index contributed by atoms with van der Waals surface area (Å²) in [5, 5.41) is 4.21. The van der Waals surface area contributed by atoms with Gasteiger partial charge in [0.15, 0.2) is 34.9 Å². The standard InChI is InChI=1S/C90H61N7O/c1-89(2)72-35-18-14-31-65(72)66-45-43-60(52-74(66)89)62-51-71(80-68-33-15-19-36-73(68)90(3,4)75(80)53-62)87-93-83(55-23-8-5-9-24-55)91-86(94-87)58-41-39-54(40-42-58)59-29-22-30-63(49-59)97-76-37-20-16-32-67(76)70-50-61(44-47-77(70)97)64-46-48-79-81(69-34-17-21-38-78(69)98-79)82(64)88-95-84(56-25-10-6-11-26-56)92-85(96-88)57-27-12-7-13-28-57/h5-53H,1-4H3. The lowest BCUT2D eigenvalue weighted by atomic mass is 9.79. The molecule has 4 aromatic heterocycles. The van der Waals surface area contributed by atoms with Gasteiger partial charge in [-0.15, -0.1) is 0 Å². The number of hydrogen-bond acceptors (Lipinski definition) is 7. The summed E-state index contributed by atoms with van der Waals surface area (Å²) in [5.74, 6) is 3.61. The highest BCUT2D eigenvalue weighted by Gasteiger charge is 2.39. The first-order chi connectivity index (χ1) is 48.1. The lowest BCUT2D eigenvalue weighted by molar-refractivity contribution is 0.659. The number of rotatable bonds is 10. The van der Waals surface area contributed by atoms with Gasteiger partial charge in [-0.25, -0.2) is 29.9 Å². The predicted octanol–water partition coefficient (Wildman–Crippen LogP) is 22.7. The Hall–Kier alpha value is -12.5. The molecule has 0 aliphatic heterocycles. The number of para-hydroxylation sites is 2. The first-order valence-corrected chi connectivity index (χ1v) is 33.5. The molecule has 0 amide bonds. The fourth-order valence-electron chi connectivity index (χ4n) is 15.6. The molecule has 2 aliphatic carbocycles. The largest absolute Gasteiger partial charge is 0.456 e. The van der Waals surface area contributed by atoms with Crippen LogP contribution in [0.1, 0.15) is 49.9 Å². The molecule has 13 aromatic carbocycles. The van der Waals surface area contributed by atoms with Crippen molar-refractivity contribution in [2.45, 2.75) is 38.5 Å². The summed E-state index contributed by atoms with van der Waals surface area (Å²) in [7, 11) is 0. The monoisotopic (exact) mass is 1260 g/mol. The van der Waals surface area contributed by atoms with Crippen LogP contribution in [0.15, 0.2) is 302 Å². The Bertz CT molecular complexity index is 6050. The highest BCUT2D eigenvalue weighted by atomic mass is 16.3. The maximum Gasteiger partial charge on any atom is 0.165 e. The topological polar surface area (TPSA) is 95.4 Å². The first-order valence-electron chi connectivity index (χ1n) is 33.5. The Labute approximate surface area is 567 Å². The fraction of sp³-hybridized carbons (Fsp3) is 0.0667. The minimum Gasteiger partial charge on any atom is -0.456 e. The summed E-state index contributed by atoms with van der Waals surface area (Å²) in [6.07, 6.45) is 0. The van der Waals surface area contributed by atoms with Crippen LogP contribution in [0.25, 0.3) is 173 Å². The van der Waals surface area contributed by atoms with E-state index >= 15 is 0 Å². The summed E-state index contributed by atoms with van der Waals surface area (Å²) in [6, 6.07) is 106. The Morgan fingerprint density at radius 1 is 0.255 bits per heavy atom. The third kappa shape index (κ3) is 9.05. The van der Waals surface area contributed by atoms with Gasteiger partial charge in [0.25, 0.3) is 0 Å². The molecule has 0 N–H and O–H groups in total. The van der Waals surface area contributed by atoms with E-state index in [0.717, 1.165) is 111 Å². The quantitative estimate of drug-likeness (QED) is 0.135. The van der Waals surface area contributed by atoms with Crippen molar-refractivity contribution in [3.8, 4) is 130 Å². The van der Waals surface area contributed by atoms with Crippen LogP contribution in [-0.2, 0) is 10.8 Å². The van der Waals surface area contributed by atoms with E-state index in [0.29, 0.717) is 34.9 Å². The van der Waals surface area contributed by atoms with Gasteiger partial charge in [-0.3, -0.25) is 0 Å². The molecule has 0 saturated carbocycles.